The predicted molar refractivity (Wildman–Crippen MR) is 75.0 cm³/mol. The van der Waals surface area contributed by atoms with Crippen molar-refractivity contribution in [3.63, 3.8) is 0 Å². The summed E-state index contributed by atoms with van der Waals surface area (Å²) in [7, 11) is -4.19. The summed E-state index contributed by atoms with van der Waals surface area (Å²) in [6.45, 7) is 5.80. The lowest BCUT2D eigenvalue weighted by Gasteiger charge is -2.20. The molecule has 2 rings (SSSR count). The highest BCUT2D eigenvalue weighted by Crippen LogP contribution is 2.32. The quantitative estimate of drug-likeness (QED) is 0.865. The van der Waals surface area contributed by atoms with Gasteiger partial charge in [-0.1, -0.05) is 29.8 Å². The van der Waals surface area contributed by atoms with Crippen molar-refractivity contribution in [2.24, 2.45) is 0 Å². The SMILES string of the molecule is Cc1ccc([C@H](C[C@H]2COC(C)(C)O2)S(=O)(=O)O)cc1. The van der Waals surface area contributed by atoms with Crippen LogP contribution in [0.15, 0.2) is 24.3 Å². The van der Waals surface area contributed by atoms with Crippen LogP contribution in [0, 0.1) is 6.92 Å². The topological polar surface area (TPSA) is 72.8 Å². The minimum atomic E-state index is -4.19. The van der Waals surface area contributed by atoms with E-state index in [1.165, 1.54) is 0 Å². The largest absolute Gasteiger partial charge is 0.348 e. The molecule has 0 radical (unpaired) electrons. The van der Waals surface area contributed by atoms with Crippen LogP contribution in [0.5, 0.6) is 0 Å². The minimum absolute atomic E-state index is 0.172. The Morgan fingerprint density at radius 3 is 2.40 bits per heavy atom. The molecule has 1 aromatic rings. The van der Waals surface area contributed by atoms with E-state index in [-0.39, 0.29) is 12.5 Å². The van der Waals surface area contributed by atoms with Crippen LogP contribution in [0.3, 0.4) is 0 Å². The summed E-state index contributed by atoms with van der Waals surface area (Å²) in [5, 5.41) is -0.995. The van der Waals surface area contributed by atoms with Crippen molar-refractivity contribution in [2.75, 3.05) is 6.61 Å². The van der Waals surface area contributed by atoms with Gasteiger partial charge in [0.2, 0.25) is 0 Å². The molecule has 1 fully saturated rings. The summed E-state index contributed by atoms with van der Waals surface area (Å²) < 4.78 is 43.8. The normalized spacial score (nSPS) is 23.7. The van der Waals surface area contributed by atoms with E-state index in [0.29, 0.717) is 12.2 Å². The van der Waals surface area contributed by atoms with Gasteiger partial charge in [0.05, 0.1) is 12.7 Å². The molecule has 5 nitrogen and oxygen atoms in total. The van der Waals surface area contributed by atoms with Crippen LogP contribution in [0.1, 0.15) is 36.6 Å². The average Bonchev–Trinajstić information content (AvgIpc) is 2.66. The first-order valence-corrected chi connectivity index (χ1v) is 8.02. The molecule has 1 aliphatic heterocycles. The van der Waals surface area contributed by atoms with E-state index in [9.17, 15) is 13.0 Å². The molecular weight excluding hydrogens is 280 g/mol. The molecule has 1 aromatic carbocycles. The molecule has 1 heterocycles. The zero-order valence-electron chi connectivity index (χ0n) is 11.9. The van der Waals surface area contributed by atoms with Crippen LogP contribution in [-0.2, 0) is 19.6 Å². The lowest BCUT2D eigenvalue weighted by atomic mass is 10.0. The van der Waals surface area contributed by atoms with Crippen LogP contribution in [0.2, 0.25) is 0 Å². The molecule has 0 aromatic heterocycles. The molecule has 112 valence electrons. The highest BCUT2D eigenvalue weighted by atomic mass is 32.2. The molecule has 0 bridgehead atoms. The van der Waals surface area contributed by atoms with Crippen LogP contribution in [-0.4, -0.2) is 31.5 Å². The fraction of sp³-hybridized carbons (Fsp3) is 0.571. The van der Waals surface area contributed by atoms with E-state index < -0.39 is 21.2 Å². The monoisotopic (exact) mass is 300 g/mol. The van der Waals surface area contributed by atoms with Gasteiger partial charge in [0.1, 0.15) is 5.25 Å². The lowest BCUT2D eigenvalue weighted by Crippen LogP contribution is -2.24. The van der Waals surface area contributed by atoms with Crippen LogP contribution >= 0.6 is 0 Å². The van der Waals surface area contributed by atoms with E-state index in [1.54, 1.807) is 26.0 Å². The molecule has 1 N–H and O–H groups in total. The summed E-state index contributed by atoms with van der Waals surface area (Å²) in [5.41, 5.74) is 1.59. The maximum absolute atomic E-state index is 11.6. The number of hydrogen-bond acceptors (Lipinski definition) is 4. The molecule has 0 spiro atoms. The highest BCUT2D eigenvalue weighted by molar-refractivity contribution is 7.86. The first-order chi connectivity index (χ1) is 9.17. The van der Waals surface area contributed by atoms with Crippen molar-refractivity contribution in [1.29, 1.82) is 0 Å². The second-order valence-electron chi connectivity index (χ2n) is 5.60. The first kappa shape index (κ1) is 15.4. The molecule has 0 aliphatic carbocycles. The lowest BCUT2D eigenvalue weighted by molar-refractivity contribution is -0.139. The standard InChI is InChI=1S/C14H20O5S/c1-10-4-6-11(7-5-10)13(20(15,16)17)8-12-9-18-14(2,3)19-12/h4-7,12-13H,8-9H2,1-3H3,(H,15,16,17)/t12-,13-/m0/s1. The summed E-state index contributed by atoms with van der Waals surface area (Å²) in [4.78, 5) is 0. The zero-order chi connectivity index (χ0) is 15.0. The van der Waals surface area contributed by atoms with Gasteiger partial charge in [-0.3, -0.25) is 4.55 Å². The molecule has 6 heteroatoms. The fourth-order valence-electron chi connectivity index (χ4n) is 2.33. The fourth-order valence-corrected chi connectivity index (χ4v) is 3.29. The van der Waals surface area contributed by atoms with Crippen molar-refractivity contribution in [2.45, 2.75) is 44.3 Å². The third-order valence-corrected chi connectivity index (χ3v) is 4.54. The Hall–Kier alpha value is -0.950. The van der Waals surface area contributed by atoms with Gasteiger partial charge in [-0.25, -0.2) is 0 Å². The third kappa shape index (κ3) is 3.79. The molecule has 20 heavy (non-hydrogen) atoms. The van der Waals surface area contributed by atoms with E-state index in [1.807, 2.05) is 19.1 Å². The second kappa shape index (κ2) is 5.44. The Labute approximate surface area is 119 Å². The molecule has 1 aliphatic rings. The van der Waals surface area contributed by atoms with Crippen molar-refractivity contribution in [1.82, 2.24) is 0 Å². The van der Waals surface area contributed by atoms with Gasteiger partial charge in [-0.2, -0.15) is 8.42 Å². The maximum Gasteiger partial charge on any atom is 0.272 e. The number of hydrogen-bond donors (Lipinski definition) is 1. The van der Waals surface area contributed by atoms with E-state index in [2.05, 4.69) is 0 Å². The van der Waals surface area contributed by atoms with Crippen molar-refractivity contribution in [3.8, 4) is 0 Å². The molecule has 2 atom stereocenters. The summed E-state index contributed by atoms with van der Waals surface area (Å²) in [6, 6.07) is 7.08. The van der Waals surface area contributed by atoms with Crippen LogP contribution in [0.4, 0.5) is 0 Å². The second-order valence-corrected chi connectivity index (χ2v) is 7.20. The predicted octanol–water partition coefficient (Wildman–Crippen LogP) is 2.47. The van der Waals surface area contributed by atoms with E-state index >= 15 is 0 Å². The maximum atomic E-state index is 11.6. The van der Waals surface area contributed by atoms with Crippen LogP contribution in [0.25, 0.3) is 0 Å². The van der Waals surface area contributed by atoms with Gasteiger partial charge in [0, 0.05) is 0 Å². The third-order valence-electron chi connectivity index (χ3n) is 3.35. The van der Waals surface area contributed by atoms with Crippen LogP contribution < -0.4 is 0 Å². The Morgan fingerprint density at radius 2 is 1.95 bits per heavy atom. The Balaban J connectivity index is 2.20. The van der Waals surface area contributed by atoms with Gasteiger partial charge < -0.3 is 9.47 Å². The molecule has 0 saturated carbocycles. The number of benzene rings is 1. The van der Waals surface area contributed by atoms with Gasteiger partial charge >= 0.3 is 0 Å². The smallest absolute Gasteiger partial charge is 0.272 e. The molecular formula is C14H20O5S. The van der Waals surface area contributed by atoms with Crippen molar-refractivity contribution >= 4 is 10.1 Å². The minimum Gasteiger partial charge on any atom is -0.348 e. The Bertz CT molecular complexity index is 562. The number of rotatable bonds is 4. The highest BCUT2D eigenvalue weighted by Gasteiger charge is 2.37. The molecule has 0 amide bonds. The molecule has 0 unspecified atom stereocenters. The number of ether oxygens (including phenoxy) is 2. The van der Waals surface area contributed by atoms with Crippen molar-refractivity contribution < 1.29 is 22.4 Å². The average molecular weight is 300 g/mol. The van der Waals surface area contributed by atoms with E-state index in [4.69, 9.17) is 9.47 Å². The van der Waals surface area contributed by atoms with Gasteiger partial charge in [-0.05, 0) is 32.8 Å². The Morgan fingerprint density at radius 1 is 1.35 bits per heavy atom. The first-order valence-electron chi connectivity index (χ1n) is 6.52. The van der Waals surface area contributed by atoms with Gasteiger partial charge in [0.25, 0.3) is 10.1 Å². The molecule has 1 saturated heterocycles. The summed E-state index contributed by atoms with van der Waals surface area (Å²) >= 11 is 0. The van der Waals surface area contributed by atoms with Crippen molar-refractivity contribution in [3.05, 3.63) is 35.4 Å². The summed E-state index contributed by atoms with van der Waals surface area (Å²) in [6.07, 6.45) is -0.177. The number of aryl methyl sites for hydroxylation is 1. The zero-order valence-corrected chi connectivity index (χ0v) is 12.7. The van der Waals surface area contributed by atoms with E-state index in [0.717, 1.165) is 5.56 Å². The van der Waals surface area contributed by atoms with Gasteiger partial charge in [0.15, 0.2) is 5.79 Å². The summed E-state index contributed by atoms with van der Waals surface area (Å²) in [5.74, 6) is -0.707. The van der Waals surface area contributed by atoms with Gasteiger partial charge in [-0.15, -0.1) is 0 Å². The Kier molecular flexibility index (Phi) is 4.20.